The summed E-state index contributed by atoms with van der Waals surface area (Å²) in [5.74, 6) is 8.52. The fourth-order valence-electron chi connectivity index (χ4n) is 3.74. The first-order valence-electron chi connectivity index (χ1n) is 10.9. The lowest BCUT2D eigenvalue weighted by Crippen LogP contribution is -2.25. The highest BCUT2D eigenvalue weighted by molar-refractivity contribution is 5.38. The van der Waals surface area contributed by atoms with E-state index in [2.05, 4.69) is 47.4 Å². The Balaban J connectivity index is 1.49. The monoisotopic (exact) mass is 415 g/mol. The van der Waals surface area contributed by atoms with Crippen LogP contribution in [0, 0.1) is 24.7 Å². The minimum absolute atomic E-state index is 0.0766. The molecule has 4 rings (SSSR count). The molecule has 2 aromatic heterocycles. The maximum Gasteiger partial charge on any atom is 0.254 e. The number of hydrogen-bond donors (Lipinski definition) is 0. The van der Waals surface area contributed by atoms with Crippen LogP contribution in [0.1, 0.15) is 68.3 Å². The molecule has 0 spiro atoms. The first kappa shape index (κ1) is 21.0. The molecule has 1 aromatic carbocycles. The minimum Gasteiger partial charge on any atom is -0.485 e. The molecule has 0 radical (unpaired) electrons. The highest BCUT2D eigenvalue weighted by atomic mass is 16.5. The maximum absolute atomic E-state index is 12.9. The normalized spacial score (nSPS) is 14.2. The molecule has 3 aromatic rings. The molecule has 0 aliphatic heterocycles. The van der Waals surface area contributed by atoms with E-state index in [1.54, 1.807) is 16.8 Å². The summed E-state index contributed by atoms with van der Waals surface area (Å²) in [6, 6.07) is 11.9. The third-order valence-electron chi connectivity index (χ3n) is 5.69. The highest BCUT2D eigenvalue weighted by Gasteiger charge is 2.18. The summed E-state index contributed by atoms with van der Waals surface area (Å²) in [5.41, 5.74) is 2.89. The topological polar surface area (TPSA) is 49.1 Å². The standard InChI is InChI=1S/C26H29N3O2/c1-18(2)28-14-13-27-25(28)17-31-24-15-19(3)29(26(30)16-24)20(4)23-11-9-22(10-12-23)8-7-21-5-6-21/h9-16,18,20-21H,5-6,17H2,1-4H3/t20-/m1/s1. The Bertz CT molecular complexity index is 1170. The number of hydrogen-bond acceptors (Lipinski definition) is 3. The van der Waals surface area contributed by atoms with E-state index in [0.29, 0.717) is 24.3 Å². The zero-order valence-electron chi connectivity index (χ0n) is 18.6. The van der Waals surface area contributed by atoms with Crippen LogP contribution in [0.25, 0.3) is 0 Å². The SMILES string of the molecule is Cc1cc(OCc2nccn2C(C)C)cc(=O)n1[C@H](C)c1ccc(C#CC2CC2)cc1. The van der Waals surface area contributed by atoms with Gasteiger partial charge in [-0.1, -0.05) is 24.0 Å². The number of ether oxygens (including phenoxy) is 1. The lowest BCUT2D eigenvalue weighted by atomic mass is 10.1. The van der Waals surface area contributed by atoms with Crippen molar-refractivity contribution in [2.24, 2.45) is 5.92 Å². The van der Waals surface area contributed by atoms with E-state index in [-0.39, 0.29) is 11.6 Å². The predicted octanol–water partition coefficient (Wildman–Crippen LogP) is 4.88. The van der Waals surface area contributed by atoms with Crippen molar-refractivity contribution < 1.29 is 4.74 Å². The van der Waals surface area contributed by atoms with Crippen LogP contribution in [0.5, 0.6) is 5.75 Å². The number of aryl methyl sites for hydroxylation is 1. The van der Waals surface area contributed by atoms with Gasteiger partial charge < -0.3 is 13.9 Å². The average molecular weight is 416 g/mol. The zero-order valence-corrected chi connectivity index (χ0v) is 18.6. The molecule has 0 N–H and O–H groups in total. The summed E-state index contributed by atoms with van der Waals surface area (Å²) in [6.45, 7) is 8.51. The highest BCUT2D eigenvalue weighted by Crippen LogP contribution is 2.27. The van der Waals surface area contributed by atoms with E-state index in [4.69, 9.17) is 4.74 Å². The average Bonchev–Trinajstić information content (AvgIpc) is 3.45. The van der Waals surface area contributed by atoms with Gasteiger partial charge in [0.25, 0.3) is 5.56 Å². The van der Waals surface area contributed by atoms with Gasteiger partial charge in [-0.2, -0.15) is 0 Å². The Labute approximate surface area is 183 Å². The summed E-state index contributed by atoms with van der Waals surface area (Å²) >= 11 is 0. The molecule has 160 valence electrons. The van der Waals surface area contributed by atoms with Gasteiger partial charge in [0.2, 0.25) is 0 Å². The molecule has 0 unspecified atom stereocenters. The minimum atomic E-state index is -0.0770. The lowest BCUT2D eigenvalue weighted by Gasteiger charge is -2.20. The van der Waals surface area contributed by atoms with Crippen LogP contribution in [0.2, 0.25) is 0 Å². The van der Waals surface area contributed by atoms with Gasteiger partial charge in [-0.15, -0.1) is 0 Å². The summed E-state index contributed by atoms with van der Waals surface area (Å²) in [7, 11) is 0. The van der Waals surface area contributed by atoms with Crippen LogP contribution in [0.3, 0.4) is 0 Å². The molecule has 0 bridgehead atoms. The number of imidazole rings is 1. The van der Waals surface area contributed by atoms with E-state index in [1.807, 2.05) is 38.2 Å². The summed E-state index contributed by atoms with van der Waals surface area (Å²) in [6.07, 6.45) is 6.17. The molecule has 1 atom stereocenters. The van der Waals surface area contributed by atoms with E-state index in [9.17, 15) is 4.79 Å². The molecular formula is C26H29N3O2. The van der Waals surface area contributed by atoms with Crippen LogP contribution < -0.4 is 10.3 Å². The van der Waals surface area contributed by atoms with Crippen molar-refractivity contribution in [3.63, 3.8) is 0 Å². The fraction of sp³-hybridized carbons (Fsp3) is 0.385. The first-order valence-corrected chi connectivity index (χ1v) is 10.9. The van der Waals surface area contributed by atoms with Crippen molar-refractivity contribution >= 4 is 0 Å². The zero-order chi connectivity index (χ0) is 22.0. The Hall–Kier alpha value is -3.26. The van der Waals surface area contributed by atoms with Crippen molar-refractivity contribution in [2.75, 3.05) is 0 Å². The molecule has 5 nitrogen and oxygen atoms in total. The van der Waals surface area contributed by atoms with Crippen molar-refractivity contribution in [2.45, 2.75) is 59.2 Å². The smallest absolute Gasteiger partial charge is 0.254 e. The second kappa shape index (κ2) is 8.85. The quantitative estimate of drug-likeness (QED) is 0.539. The molecular weight excluding hydrogens is 386 g/mol. The third-order valence-corrected chi connectivity index (χ3v) is 5.69. The van der Waals surface area contributed by atoms with Crippen molar-refractivity contribution in [1.82, 2.24) is 14.1 Å². The number of benzene rings is 1. The number of nitrogens with zero attached hydrogens (tertiary/aromatic N) is 3. The van der Waals surface area contributed by atoms with Gasteiger partial charge in [0.1, 0.15) is 18.2 Å². The second-order valence-electron chi connectivity index (χ2n) is 8.52. The molecule has 2 heterocycles. The largest absolute Gasteiger partial charge is 0.485 e. The van der Waals surface area contributed by atoms with E-state index in [0.717, 1.165) is 22.6 Å². The fourth-order valence-corrected chi connectivity index (χ4v) is 3.74. The Morgan fingerprint density at radius 1 is 1.16 bits per heavy atom. The van der Waals surface area contributed by atoms with Crippen LogP contribution in [0.15, 0.2) is 53.6 Å². The van der Waals surface area contributed by atoms with Crippen LogP contribution in [-0.4, -0.2) is 14.1 Å². The van der Waals surface area contributed by atoms with E-state index in [1.165, 1.54) is 12.8 Å². The Morgan fingerprint density at radius 2 is 1.90 bits per heavy atom. The summed E-state index contributed by atoms with van der Waals surface area (Å²) in [4.78, 5) is 17.3. The van der Waals surface area contributed by atoms with Gasteiger partial charge in [-0.05, 0) is 64.3 Å². The second-order valence-corrected chi connectivity index (χ2v) is 8.52. The van der Waals surface area contributed by atoms with Crippen molar-refractivity contribution in [3.05, 3.63) is 81.8 Å². The number of pyridine rings is 1. The summed E-state index contributed by atoms with van der Waals surface area (Å²) < 4.78 is 9.76. The van der Waals surface area contributed by atoms with Crippen LogP contribution in [0.4, 0.5) is 0 Å². The van der Waals surface area contributed by atoms with Crippen molar-refractivity contribution in [3.8, 4) is 17.6 Å². The van der Waals surface area contributed by atoms with Crippen molar-refractivity contribution in [1.29, 1.82) is 0 Å². The molecule has 5 heteroatoms. The molecule has 1 saturated carbocycles. The van der Waals surface area contributed by atoms with Gasteiger partial charge in [0.15, 0.2) is 0 Å². The van der Waals surface area contributed by atoms with E-state index < -0.39 is 0 Å². The van der Waals surface area contributed by atoms with Gasteiger partial charge in [-0.3, -0.25) is 4.79 Å². The lowest BCUT2D eigenvalue weighted by molar-refractivity contribution is 0.284. The maximum atomic E-state index is 12.9. The van der Waals surface area contributed by atoms with Gasteiger partial charge in [0, 0.05) is 41.7 Å². The number of aromatic nitrogens is 3. The van der Waals surface area contributed by atoms with E-state index >= 15 is 0 Å². The summed E-state index contributed by atoms with van der Waals surface area (Å²) in [5, 5.41) is 0. The third kappa shape index (κ3) is 4.91. The molecule has 31 heavy (non-hydrogen) atoms. The number of rotatable bonds is 6. The molecule has 1 aliphatic rings. The van der Waals surface area contributed by atoms with Gasteiger partial charge >= 0.3 is 0 Å². The Kier molecular flexibility index (Phi) is 5.99. The Morgan fingerprint density at radius 3 is 2.55 bits per heavy atom. The molecule has 0 saturated heterocycles. The molecule has 0 amide bonds. The van der Waals surface area contributed by atoms with Gasteiger partial charge in [0.05, 0.1) is 6.04 Å². The molecule has 1 fully saturated rings. The predicted molar refractivity (Wildman–Crippen MR) is 122 cm³/mol. The first-order chi connectivity index (χ1) is 14.9. The van der Waals surface area contributed by atoms with Gasteiger partial charge in [-0.25, -0.2) is 4.98 Å². The van der Waals surface area contributed by atoms with Crippen LogP contribution >= 0.6 is 0 Å². The van der Waals surface area contributed by atoms with Crippen LogP contribution in [-0.2, 0) is 6.61 Å². The molecule has 1 aliphatic carbocycles.